The zero-order chi connectivity index (χ0) is 16.9. The van der Waals surface area contributed by atoms with Crippen molar-refractivity contribution < 1.29 is 0 Å². The molecule has 0 aromatic heterocycles. The van der Waals surface area contributed by atoms with Crippen LogP contribution in [0.15, 0.2) is 30.3 Å². The highest BCUT2D eigenvalue weighted by Gasteiger charge is 2.20. The van der Waals surface area contributed by atoms with Crippen LogP contribution in [0.2, 0.25) is 0 Å². The average molecular weight is 325 g/mol. The fourth-order valence-electron chi connectivity index (χ4n) is 4.66. The first-order valence-electron chi connectivity index (χ1n) is 10.4. The normalized spacial score (nSPS) is 29.1. The van der Waals surface area contributed by atoms with Crippen LogP contribution in [0, 0.1) is 17.8 Å². The van der Waals surface area contributed by atoms with E-state index >= 15 is 0 Å². The predicted octanol–water partition coefficient (Wildman–Crippen LogP) is 7.60. The molecule has 0 aliphatic heterocycles. The fraction of sp³-hybridized carbons (Fsp3) is 0.667. The Morgan fingerprint density at radius 2 is 1.71 bits per heavy atom. The van der Waals surface area contributed by atoms with Gasteiger partial charge in [0, 0.05) is 0 Å². The molecule has 0 heterocycles. The van der Waals surface area contributed by atoms with Gasteiger partial charge in [0.2, 0.25) is 0 Å². The van der Waals surface area contributed by atoms with E-state index < -0.39 is 0 Å². The Bertz CT molecular complexity index is 528. The maximum absolute atomic E-state index is 2.54. The third-order valence-corrected chi connectivity index (χ3v) is 6.72. The number of rotatable bonds is 5. The Balaban J connectivity index is 1.58. The van der Waals surface area contributed by atoms with Crippen molar-refractivity contribution >= 4 is 5.57 Å². The average Bonchev–Trinajstić information content (AvgIpc) is 2.63. The monoisotopic (exact) mass is 324 g/mol. The van der Waals surface area contributed by atoms with Crippen LogP contribution in [0.25, 0.3) is 5.57 Å². The van der Waals surface area contributed by atoms with Crippen molar-refractivity contribution in [2.24, 2.45) is 17.8 Å². The molecule has 0 amide bonds. The van der Waals surface area contributed by atoms with E-state index in [1.165, 1.54) is 63.4 Å². The first-order chi connectivity index (χ1) is 11.7. The van der Waals surface area contributed by atoms with Crippen molar-refractivity contribution in [1.29, 1.82) is 0 Å². The molecular formula is C24H36. The van der Waals surface area contributed by atoms with Crippen molar-refractivity contribution in [3.8, 4) is 0 Å². The van der Waals surface area contributed by atoms with Crippen LogP contribution >= 0.6 is 0 Å². The van der Waals surface area contributed by atoms with E-state index in [0.717, 1.165) is 23.7 Å². The lowest BCUT2D eigenvalue weighted by atomic mass is 9.78. The molecule has 0 spiro atoms. The highest BCUT2D eigenvalue weighted by Crippen LogP contribution is 2.37. The largest absolute Gasteiger partial charge is 0.0804 e. The van der Waals surface area contributed by atoms with Crippen molar-refractivity contribution in [3.05, 3.63) is 41.5 Å². The van der Waals surface area contributed by atoms with Gasteiger partial charge in [-0.25, -0.2) is 0 Å². The van der Waals surface area contributed by atoms with E-state index in [9.17, 15) is 0 Å². The van der Waals surface area contributed by atoms with Crippen LogP contribution in [0.5, 0.6) is 0 Å². The lowest BCUT2D eigenvalue weighted by Crippen LogP contribution is -2.11. The van der Waals surface area contributed by atoms with Gasteiger partial charge in [-0.15, -0.1) is 0 Å². The SMILES string of the molecule is CCC(C)CC1CC=C(c2ccc([C@H]3CC[C@H](C)CC3)cc2)CC1. The molecule has 2 unspecified atom stereocenters. The van der Waals surface area contributed by atoms with Gasteiger partial charge in [0.05, 0.1) is 0 Å². The molecule has 2 aliphatic rings. The lowest BCUT2D eigenvalue weighted by molar-refractivity contribution is 0.348. The van der Waals surface area contributed by atoms with Crippen molar-refractivity contribution in [1.82, 2.24) is 0 Å². The topological polar surface area (TPSA) is 0 Å². The lowest BCUT2D eigenvalue weighted by Gasteiger charge is -2.27. The van der Waals surface area contributed by atoms with E-state index in [1.54, 1.807) is 11.1 Å². The molecular weight excluding hydrogens is 288 g/mol. The van der Waals surface area contributed by atoms with E-state index in [4.69, 9.17) is 0 Å². The molecule has 0 bridgehead atoms. The summed E-state index contributed by atoms with van der Waals surface area (Å²) in [5.41, 5.74) is 4.65. The summed E-state index contributed by atoms with van der Waals surface area (Å²) < 4.78 is 0. The van der Waals surface area contributed by atoms with Gasteiger partial charge in [0.25, 0.3) is 0 Å². The minimum Gasteiger partial charge on any atom is -0.0804 e. The molecule has 2 aliphatic carbocycles. The molecule has 3 rings (SSSR count). The zero-order valence-electron chi connectivity index (χ0n) is 16.1. The van der Waals surface area contributed by atoms with Crippen LogP contribution in [0.1, 0.15) is 95.6 Å². The molecule has 0 heteroatoms. The van der Waals surface area contributed by atoms with Gasteiger partial charge in [-0.2, -0.15) is 0 Å². The summed E-state index contributed by atoms with van der Waals surface area (Å²) in [7, 11) is 0. The number of benzene rings is 1. The third kappa shape index (κ3) is 4.52. The minimum atomic E-state index is 0.815. The Morgan fingerprint density at radius 3 is 2.29 bits per heavy atom. The van der Waals surface area contributed by atoms with Crippen LogP contribution in [0.3, 0.4) is 0 Å². The molecule has 0 N–H and O–H groups in total. The third-order valence-electron chi connectivity index (χ3n) is 6.72. The molecule has 1 fully saturated rings. The van der Waals surface area contributed by atoms with Gasteiger partial charge in [-0.3, -0.25) is 0 Å². The molecule has 1 aromatic carbocycles. The maximum Gasteiger partial charge on any atom is -0.0162 e. The minimum absolute atomic E-state index is 0.815. The van der Waals surface area contributed by atoms with Gasteiger partial charge >= 0.3 is 0 Å². The Hall–Kier alpha value is -1.04. The molecule has 2 atom stereocenters. The second-order valence-electron chi connectivity index (χ2n) is 8.70. The maximum atomic E-state index is 2.54. The summed E-state index contributed by atoms with van der Waals surface area (Å²) in [4.78, 5) is 0. The Kier molecular flexibility index (Phi) is 6.19. The summed E-state index contributed by atoms with van der Waals surface area (Å²) in [5, 5.41) is 0. The molecule has 1 saturated carbocycles. The summed E-state index contributed by atoms with van der Waals surface area (Å²) >= 11 is 0. The molecule has 0 saturated heterocycles. The number of hydrogen-bond acceptors (Lipinski definition) is 0. The summed E-state index contributed by atoms with van der Waals surface area (Å²) in [6.07, 6.45) is 14.8. The first-order valence-corrected chi connectivity index (χ1v) is 10.4. The number of hydrogen-bond donors (Lipinski definition) is 0. The highest BCUT2D eigenvalue weighted by molar-refractivity contribution is 5.66. The van der Waals surface area contributed by atoms with Gasteiger partial charge in [-0.05, 0) is 78.9 Å². The Morgan fingerprint density at radius 1 is 1.00 bits per heavy atom. The van der Waals surface area contributed by atoms with E-state index in [1.807, 2.05) is 0 Å². The van der Waals surface area contributed by atoms with Crippen LogP contribution < -0.4 is 0 Å². The molecule has 0 radical (unpaired) electrons. The van der Waals surface area contributed by atoms with Crippen LogP contribution in [-0.4, -0.2) is 0 Å². The number of allylic oxidation sites excluding steroid dienone is 2. The van der Waals surface area contributed by atoms with Crippen LogP contribution in [0.4, 0.5) is 0 Å². The first kappa shape index (κ1) is 17.8. The molecule has 132 valence electrons. The van der Waals surface area contributed by atoms with Gasteiger partial charge in [0.1, 0.15) is 0 Å². The van der Waals surface area contributed by atoms with E-state index in [2.05, 4.69) is 51.1 Å². The molecule has 0 nitrogen and oxygen atoms in total. The van der Waals surface area contributed by atoms with Crippen molar-refractivity contribution in [2.75, 3.05) is 0 Å². The smallest absolute Gasteiger partial charge is 0.0162 e. The highest BCUT2D eigenvalue weighted by atomic mass is 14.3. The van der Waals surface area contributed by atoms with Crippen molar-refractivity contribution in [2.45, 2.75) is 84.5 Å². The Labute approximate surface area is 149 Å². The van der Waals surface area contributed by atoms with Gasteiger partial charge < -0.3 is 0 Å². The second-order valence-corrected chi connectivity index (χ2v) is 8.70. The van der Waals surface area contributed by atoms with E-state index in [-0.39, 0.29) is 0 Å². The van der Waals surface area contributed by atoms with E-state index in [0.29, 0.717) is 0 Å². The van der Waals surface area contributed by atoms with Gasteiger partial charge in [0.15, 0.2) is 0 Å². The fourth-order valence-corrected chi connectivity index (χ4v) is 4.66. The standard InChI is InChI=1S/C24H36/c1-4-18(2)17-20-7-11-22(12-8-20)24-15-13-23(14-16-24)21-9-5-19(3)6-10-21/h11,13-16,18-21H,4-10,12,17H2,1-3H3/t18?,19-,20?,21-. The second kappa shape index (κ2) is 8.37. The summed E-state index contributed by atoms with van der Waals surface area (Å²) in [6.45, 7) is 7.14. The summed E-state index contributed by atoms with van der Waals surface area (Å²) in [6, 6.07) is 9.63. The quantitative estimate of drug-likeness (QED) is 0.523. The molecule has 1 aromatic rings. The zero-order valence-corrected chi connectivity index (χ0v) is 16.1. The summed E-state index contributed by atoms with van der Waals surface area (Å²) in [5.74, 6) is 3.57. The molecule has 24 heavy (non-hydrogen) atoms. The van der Waals surface area contributed by atoms with Gasteiger partial charge in [-0.1, -0.05) is 70.4 Å². The predicted molar refractivity (Wildman–Crippen MR) is 106 cm³/mol. The van der Waals surface area contributed by atoms with Crippen molar-refractivity contribution in [3.63, 3.8) is 0 Å². The van der Waals surface area contributed by atoms with Crippen LogP contribution in [-0.2, 0) is 0 Å².